The number of rotatable bonds is 6. The van der Waals surface area contributed by atoms with Gasteiger partial charge >= 0.3 is 0 Å². The van der Waals surface area contributed by atoms with E-state index < -0.39 is 28.7 Å². The van der Waals surface area contributed by atoms with Crippen LogP contribution in [0.3, 0.4) is 0 Å². The second-order valence-electron chi connectivity index (χ2n) is 8.00. The van der Waals surface area contributed by atoms with Gasteiger partial charge in [0, 0.05) is 26.2 Å². The van der Waals surface area contributed by atoms with Crippen LogP contribution in [0.5, 0.6) is 0 Å². The second-order valence-corrected chi connectivity index (χ2v) is 8.00. The van der Waals surface area contributed by atoms with Crippen LogP contribution in [0.15, 0.2) is 18.2 Å². The molecule has 1 saturated carbocycles. The summed E-state index contributed by atoms with van der Waals surface area (Å²) in [4.78, 5) is 14.3. The molecular weight excluding hydrogens is 354 g/mol. The van der Waals surface area contributed by atoms with Crippen molar-refractivity contribution < 1.29 is 23.8 Å². The molecule has 1 amide bonds. The van der Waals surface area contributed by atoms with Crippen LogP contribution in [-0.2, 0) is 11.3 Å². The van der Waals surface area contributed by atoms with Crippen molar-refractivity contribution in [2.75, 3.05) is 19.6 Å². The van der Waals surface area contributed by atoms with E-state index >= 15 is 0 Å². The summed E-state index contributed by atoms with van der Waals surface area (Å²) in [7, 11) is 0. The average molecular weight is 382 g/mol. The van der Waals surface area contributed by atoms with Gasteiger partial charge in [0.2, 0.25) is 0 Å². The van der Waals surface area contributed by atoms with Gasteiger partial charge in [-0.3, -0.25) is 4.79 Å². The van der Waals surface area contributed by atoms with Crippen LogP contribution in [0.25, 0.3) is 0 Å². The molecule has 27 heavy (non-hydrogen) atoms. The summed E-state index contributed by atoms with van der Waals surface area (Å²) >= 11 is 0. The zero-order chi connectivity index (χ0) is 19.5. The van der Waals surface area contributed by atoms with Crippen LogP contribution in [0.2, 0.25) is 0 Å². The van der Waals surface area contributed by atoms with E-state index in [1.54, 1.807) is 0 Å². The zero-order valence-corrected chi connectivity index (χ0v) is 15.5. The fraction of sp³-hybridized carbons (Fsp3) is 0.650. The molecule has 2 fully saturated rings. The summed E-state index contributed by atoms with van der Waals surface area (Å²) in [5.41, 5.74) is -1.82. The Balaban J connectivity index is 1.58. The third kappa shape index (κ3) is 4.83. The van der Waals surface area contributed by atoms with Gasteiger partial charge in [0.15, 0.2) is 17.2 Å². The van der Waals surface area contributed by atoms with Gasteiger partial charge in [0.25, 0.3) is 5.91 Å². The standard InChI is InChI=1S/C20H28F2N2O3/c21-16-6-5-15(11-17(16)22)12-24-10-4-9-20(27,18(24)25)14-23-13-19(26)7-2-1-3-8-19/h5-6,11,23,26-27H,1-4,7-10,12-14H2/t20-/m0/s1. The minimum absolute atomic E-state index is 0.0718. The number of likely N-dealkylation sites (tertiary alicyclic amines) is 1. The fourth-order valence-electron chi connectivity index (χ4n) is 4.13. The minimum Gasteiger partial charge on any atom is -0.389 e. The topological polar surface area (TPSA) is 72.8 Å². The Bertz CT molecular complexity index is 679. The second kappa shape index (κ2) is 8.20. The molecule has 7 heteroatoms. The van der Waals surface area contributed by atoms with Crippen molar-refractivity contribution in [2.24, 2.45) is 0 Å². The molecule has 1 saturated heterocycles. The van der Waals surface area contributed by atoms with Crippen molar-refractivity contribution in [3.63, 3.8) is 0 Å². The average Bonchev–Trinajstić information content (AvgIpc) is 2.63. The van der Waals surface area contributed by atoms with E-state index in [4.69, 9.17) is 0 Å². The maximum absolute atomic E-state index is 13.4. The van der Waals surface area contributed by atoms with Crippen LogP contribution < -0.4 is 5.32 Å². The van der Waals surface area contributed by atoms with Crippen molar-refractivity contribution in [2.45, 2.75) is 62.7 Å². The maximum Gasteiger partial charge on any atom is 0.256 e. The van der Waals surface area contributed by atoms with Crippen LogP contribution in [-0.4, -0.2) is 51.9 Å². The normalized spacial score (nSPS) is 25.6. The number of amides is 1. The van der Waals surface area contributed by atoms with E-state index in [9.17, 15) is 23.8 Å². The molecule has 1 aromatic carbocycles. The molecule has 5 nitrogen and oxygen atoms in total. The molecular formula is C20H28F2N2O3. The molecule has 1 heterocycles. The lowest BCUT2D eigenvalue weighted by Gasteiger charge is -2.39. The van der Waals surface area contributed by atoms with Crippen molar-refractivity contribution in [1.82, 2.24) is 10.2 Å². The highest BCUT2D eigenvalue weighted by Gasteiger charge is 2.42. The molecule has 1 aromatic rings. The van der Waals surface area contributed by atoms with Crippen LogP contribution in [0.1, 0.15) is 50.5 Å². The van der Waals surface area contributed by atoms with Crippen LogP contribution in [0, 0.1) is 11.6 Å². The Hall–Kier alpha value is -1.57. The van der Waals surface area contributed by atoms with Gasteiger partial charge in [0.1, 0.15) is 0 Å². The first-order valence-electron chi connectivity index (χ1n) is 9.70. The predicted octanol–water partition coefficient (Wildman–Crippen LogP) is 2.10. The highest BCUT2D eigenvalue weighted by Crippen LogP contribution is 2.28. The Morgan fingerprint density at radius 1 is 1.00 bits per heavy atom. The summed E-state index contributed by atoms with van der Waals surface area (Å²) in [6.45, 7) is 1.01. The molecule has 0 aromatic heterocycles. The SMILES string of the molecule is O=C1N(Cc2ccc(F)c(F)c2)CCC[C@]1(O)CNCC1(O)CCCCC1. The molecule has 1 atom stereocenters. The zero-order valence-electron chi connectivity index (χ0n) is 15.5. The lowest BCUT2D eigenvalue weighted by molar-refractivity contribution is -0.157. The Morgan fingerprint density at radius 2 is 1.74 bits per heavy atom. The van der Waals surface area contributed by atoms with Gasteiger partial charge in [-0.15, -0.1) is 0 Å². The monoisotopic (exact) mass is 382 g/mol. The summed E-state index contributed by atoms with van der Waals surface area (Å²) in [5, 5.41) is 24.5. The first kappa shape index (κ1) is 20.2. The number of carbonyl (C=O) groups excluding carboxylic acids is 1. The maximum atomic E-state index is 13.4. The number of hydrogen-bond acceptors (Lipinski definition) is 4. The molecule has 0 spiro atoms. The van der Waals surface area contributed by atoms with Crippen molar-refractivity contribution >= 4 is 5.91 Å². The molecule has 0 unspecified atom stereocenters. The number of nitrogens with zero attached hydrogens (tertiary/aromatic N) is 1. The summed E-state index contributed by atoms with van der Waals surface area (Å²) in [6.07, 6.45) is 5.53. The smallest absolute Gasteiger partial charge is 0.256 e. The first-order valence-corrected chi connectivity index (χ1v) is 9.70. The molecule has 0 bridgehead atoms. The number of halogens is 2. The van der Waals surface area contributed by atoms with Crippen molar-refractivity contribution in [3.05, 3.63) is 35.4 Å². The van der Waals surface area contributed by atoms with E-state index in [1.807, 2.05) is 0 Å². The van der Waals surface area contributed by atoms with Gasteiger partial charge < -0.3 is 20.4 Å². The number of aliphatic hydroxyl groups is 2. The quantitative estimate of drug-likeness (QED) is 0.705. The van der Waals surface area contributed by atoms with Gasteiger partial charge in [-0.05, 0) is 43.4 Å². The van der Waals surface area contributed by atoms with E-state index in [1.165, 1.54) is 11.0 Å². The van der Waals surface area contributed by atoms with E-state index in [-0.39, 0.29) is 13.1 Å². The molecule has 3 N–H and O–H groups in total. The summed E-state index contributed by atoms with van der Waals surface area (Å²) in [5.74, 6) is -2.29. The largest absolute Gasteiger partial charge is 0.389 e. The lowest BCUT2D eigenvalue weighted by atomic mass is 9.84. The third-order valence-electron chi connectivity index (χ3n) is 5.72. The molecule has 1 aliphatic heterocycles. The predicted molar refractivity (Wildman–Crippen MR) is 96.9 cm³/mol. The van der Waals surface area contributed by atoms with Crippen LogP contribution >= 0.6 is 0 Å². The number of hydrogen-bond donors (Lipinski definition) is 3. The molecule has 3 rings (SSSR count). The number of carbonyl (C=O) groups is 1. The third-order valence-corrected chi connectivity index (χ3v) is 5.72. The Morgan fingerprint density at radius 3 is 2.44 bits per heavy atom. The molecule has 150 valence electrons. The van der Waals surface area contributed by atoms with E-state index in [0.29, 0.717) is 31.5 Å². The highest BCUT2D eigenvalue weighted by atomic mass is 19.2. The van der Waals surface area contributed by atoms with Crippen molar-refractivity contribution in [1.29, 1.82) is 0 Å². The lowest BCUT2D eigenvalue weighted by Crippen LogP contribution is -2.59. The van der Waals surface area contributed by atoms with Gasteiger partial charge in [-0.1, -0.05) is 25.3 Å². The van der Waals surface area contributed by atoms with E-state index in [2.05, 4.69) is 5.32 Å². The number of benzene rings is 1. The molecule has 1 aliphatic carbocycles. The minimum atomic E-state index is -1.54. The fourth-order valence-corrected chi connectivity index (χ4v) is 4.13. The van der Waals surface area contributed by atoms with Crippen LogP contribution in [0.4, 0.5) is 8.78 Å². The first-order chi connectivity index (χ1) is 12.8. The highest BCUT2D eigenvalue weighted by molar-refractivity contribution is 5.86. The van der Waals surface area contributed by atoms with E-state index in [0.717, 1.165) is 44.2 Å². The number of piperidine rings is 1. The van der Waals surface area contributed by atoms with Crippen molar-refractivity contribution in [3.8, 4) is 0 Å². The molecule has 0 radical (unpaired) electrons. The summed E-state index contributed by atoms with van der Waals surface area (Å²) < 4.78 is 26.5. The van der Waals surface area contributed by atoms with Gasteiger partial charge in [0.05, 0.1) is 5.60 Å². The van der Waals surface area contributed by atoms with Gasteiger partial charge in [-0.2, -0.15) is 0 Å². The number of nitrogens with one attached hydrogen (secondary N) is 1. The Labute approximate surface area is 158 Å². The summed E-state index contributed by atoms with van der Waals surface area (Å²) in [6, 6.07) is 3.56. The molecule has 2 aliphatic rings. The van der Waals surface area contributed by atoms with Gasteiger partial charge in [-0.25, -0.2) is 8.78 Å². The Kier molecular flexibility index (Phi) is 6.13.